The molecular weight excluding hydrogens is 453 g/mol. The van der Waals surface area contributed by atoms with Crippen molar-refractivity contribution in [2.75, 3.05) is 36.4 Å². The summed E-state index contributed by atoms with van der Waals surface area (Å²) in [6.45, 7) is 1.51. The van der Waals surface area contributed by atoms with Crippen LogP contribution in [0.2, 0.25) is 5.02 Å². The monoisotopic (exact) mass is 470 g/mol. The molecule has 1 N–H and O–H groups in total. The molecule has 1 unspecified atom stereocenters. The van der Waals surface area contributed by atoms with Gasteiger partial charge < -0.3 is 15.1 Å². The lowest BCUT2D eigenvalue weighted by Gasteiger charge is -2.36. The third-order valence-corrected chi connectivity index (χ3v) is 6.70. The number of halogens is 4. The van der Waals surface area contributed by atoms with E-state index in [1.807, 2.05) is 24.3 Å². The lowest BCUT2D eigenvalue weighted by Crippen LogP contribution is -2.50. The number of carbonyl (C=O) groups is 2. The SMILES string of the molecule is O=C1Nc2ccccc2SC1CC(=O)N1CCN(c2ncc(C(F)(F)F)cc2Cl)CC1. The van der Waals surface area contributed by atoms with E-state index in [2.05, 4.69) is 10.3 Å². The summed E-state index contributed by atoms with van der Waals surface area (Å²) >= 11 is 7.39. The number of carbonyl (C=O) groups excluding carboxylic acids is 2. The molecule has 1 atom stereocenters. The molecule has 1 saturated heterocycles. The van der Waals surface area contributed by atoms with Gasteiger partial charge in [0.15, 0.2) is 0 Å². The van der Waals surface area contributed by atoms with E-state index in [1.165, 1.54) is 11.8 Å². The fourth-order valence-electron chi connectivity index (χ4n) is 3.50. The number of thioether (sulfide) groups is 1. The molecule has 0 bridgehead atoms. The van der Waals surface area contributed by atoms with Gasteiger partial charge in [-0.1, -0.05) is 23.7 Å². The predicted molar refractivity (Wildman–Crippen MR) is 112 cm³/mol. The molecule has 1 aromatic heterocycles. The van der Waals surface area contributed by atoms with Crippen LogP contribution in [0.4, 0.5) is 24.7 Å². The summed E-state index contributed by atoms with van der Waals surface area (Å²) in [7, 11) is 0. The first-order chi connectivity index (χ1) is 14.7. The van der Waals surface area contributed by atoms with Crippen molar-refractivity contribution in [3.63, 3.8) is 0 Å². The molecule has 6 nitrogen and oxygen atoms in total. The summed E-state index contributed by atoms with van der Waals surface area (Å²) in [6.07, 6.45) is -3.68. The Balaban J connectivity index is 1.35. The first kappa shape index (κ1) is 21.8. The van der Waals surface area contributed by atoms with Crippen LogP contribution in [0.15, 0.2) is 41.4 Å². The van der Waals surface area contributed by atoms with Gasteiger partial charge in [-0.05, 0) is 18.2 Å². The van der Waals surface area contributed by atoms with Crippen LogP contribution in [-0.4, -0.2) is 53.1 Å². The molecule has 3 heterocycles. The molecule has 0 spiro atoms. The molecule has 4 rings (SSSR count). The number of benzene rings is 1. The van der Waals surface area contributed by atoms with Gasteiger partial charge in [0, 0.05) is 43.7 Å². The Morgan fingerprint density at radius 1 is 1.23 bits per heavy atom. The fourth-order valence-corrected chi connectivity index (χ4v) is 4.89. The van der Waals surface area contributed by atoms with Crippen LogP contribution in [0.5, 0.6) is 0 Å². The van der Waals surface area contributed by atoms with Crippen LogP contribution < -0.4 is 10.2 Å². The number of nitrogens with zero attached hydrogens (tertiary/aromatic N) is 3. The van der Waals surface area contributed by atoms with Gasteiger partial charge in [0.05, 0.1) is 21.5 Å². The van der Waals surface area contributed by atoms with Crippen LogP contribution in [0.3, 0.4) is 0 Å². The molecule has 2 aromatic rings. The van der Waals surface area contributed by atoms with Gasteiger partial charge >= 0.3 is 6.18 Å². The van der Waals surface area contributed by atoms with Crippen molar-refractivity contribution in [3.8, 4) is 0 Å². The number of anilines is 2. The Morgan fingerprint density at radius 2 is 1.94 bits per heavy atom. The zero-order chi connectivity index (χ0) is 22.2. The molecule has 0 aliphatic carbocycles. The molecule has 1 fully saturated rings. The molecule has 0 saturated carbocycles. The summed E-state index contributed by atoms with van der Waals surface area (Å²) in [4.78, 5) is 33.3. The zero-order valence-electron chi connectivity index (χ0n) is 16.2. The smallest absolute Gasteiger partial charge is 0.352 e. The Kier molecular flexibility index (Phi) is 6.02. The quantitative estimate of drug-likeness (QED) is 0.737. The largest absolute Gasteiger partial charge is 0.417 e. The minimum absolute atomic E-state index is 0.0735. The second kappa shape index (κ2) is 8.58. The average molecular weight is 471 g/mol. The lowest BCUT2D eigenvalue weighted by molar-refractivity contribution is -0.137. The van der Waals surface area contributed by atoms with Crippen molar-refractivity contribution in [2.24, 2.45) is 0 Å². The number of para-hydroxylation sites is 1. The fraction of sp³-hybridized carbons (Fsp3) is 0.350. The van der Waals surface area contributed by atoms with Gasteiger partial charge in [0.1, 0.15) is 5.82 Å². The van der Waals surface area contributed by atoms with Gasteiger partial charge in [0.2, 0.25) is 11.8 Å². The highest BCUT2D eigenvalue weighted by molar-refractivity contribution is 8.01. The van der Waals surface area contributed by atoms with E-state index >= 15 is 0 Å². The zero-order valence-corrected chi connectivity index (χ0v) is 17.7. The molecule has 2 aliphatic heterocycles. The van der Waals surface area contributed by atoms with Crippen LogP contribution in [0.1, 0.15) is 12.0 Å². The van der Waals surface area contributed by atoms with E-state index in [0.29, 0.717) is 26.2 Å². The van der Waals surface area contributed by atoms with Crippen LogP contribution in [-0.2, 0) is 15.8 Å². The van der Waals surface area contributed by atoms with Crippen LogP contribution >= 0.6 is 23.4 Å². The first-order valence-corrected chi connectivity index (χ1v) is 10.8. The topological polar surface area (TPSA) is 65.5 Å². The number of nitrogens with one attached hydrogen (secondary N) is 1. The number of hydrogen-bond donors (Lipinski definition) is 1. The Hall–Kier alpha value is -2.46. The van der Waals surface area contributed by atoms with Crippen molar-refractivity contribution >= 4 is 46.7 Å². The second-order valence-electron chi connectivity index (χ2n) is 7.19. The number of hydrogen-bond acceptors (Lipinski definition) is 5. The standard InChI is InChI=1S/C20H18ClF3N4O2S/c21-13-9-12(20(22,23)24)11-25-18(13)28-7-5-27(6-8-28)17(29)10-16-19(30)26-14-3-1-2-4-15(14)31-16/h1-4,9,11,16H,5-8,10H2,(H,26,30). The highest BCUT2D eigenvalue weighted by Crippen LogP contribution is 2.37. The van der Waals surface area contributed by atoms with Gasteiger partial charge in [-0.25, -0.2) is 4.98 Å². The number of pyridine rings is 1. The number of piperazine rings is 1. The highest BCUT2D eigenvalue weighted by Gasteiger charge is 2.34. The van der Waals surface area contributed by atoms with E-state index in [-0.39, 0.29) is 29.1 Å². The minimum atomic E-state index is -4.51. The molecular formula is C20H18ClF3N4O2S. The van der Waals surface area contributed by atoms with Gasteiger partial charge in [-0.15, -0.1) is 11.8 Å². The van der Waals surface area contributed by atoms with E-state index in [4.69, 9.17) is 11.6 Å². The van der Waals surface area contributed by atoms with Gasteiger partial charge in [-0.3, -0.25) is 9.59 Å². The molecule has 1 aromatic carbocycles. The van der Waals surface area contributed by atoms with E-state index in [1.54, 1.807) is 9.80 Å². The predicted octanol–water partition coefficient (Wildman–Crippen LogP) is 3.91. The van der Waals surface area contributed by atoms with Crippen LogP contribution in [0.25, 0.3) is 0 Å². The number of aromatic nitrogens is 1. The Bertz CT molecular complexity index is 1010. The Labute approximate surface area is 185 Å². The van der Waals surface area contributed by atoms with E-state index < -0.39 is 17.0 Å². The van der Waals surface area contributed by atoms with E-state index in [9.17, 15) is 22.8 Å². The number of fused-ring (bicyclic) bond motifs is 1. The van der Waals surface area contributed by atoms with Crippen LogP contribution in [0, 0.1) is 0 Å². The summed E-state index contributed by atoms with van der Waals surface area (Å²) < 4.78 is 38.4. The molecule has 31 heavy (non-hydrogen) atoms. The third kappa shape index (κ3) is 4.74. The molecule has 2 amide bonds. The molecule has 164 valence electrons. The number of rotatable bonds is 3. The minimum Gasteiger partial charge on any atom is -0.352 e. The number of amides is 2. The molecule has 0 radical (unpaired) electrons. The maximum Gasteiger partial charge on any atom is 0.417 e. The lowest BCUT2D eigenvalue weighted by atomic mass is 10.2. The Morgan fingerprint density at radius 3 is 2.61 bits per heavy atom. The van der Waals surface area contributed by atoms with Crippen molar-refractivity contribution < 1.29 is 22.8 Å². The maximum absolute atomic E-state index is 12.8. The van der Waals surface area contributed by atoms with E-state index in [0.717, 1.165) is 22.8 Å². The van der Waals surface area contributed by atoms with Crippen molar-refractivity contribution in [3.05, 3.63) is 47.1 Å². The van der Waals surface area contributed by atoms with Crippen molar-refractivity contribution in [2.45, 2.75) is 22.7 Å². The number of alkyl halides is 3. The molecule has 11 heteroatoms. The second-order valence-corrected chi connectivity index (χ2v) is 8.84. The van der Waals surface area contributed by atoms with Gasteiger partial charge in [-0.2, -0.15) is 13.2 Å². The van der Waals surface area contributed by atoms with Gasteiger partial charge in [0.25, 0.3) is 0 Å². The normalized spacial score (nSPS) is 19.1. The summed E-state index contributed by atoms with van der Waals surface area (Å²) in [6, 6.07) is 8.29. The summed E-state index contributed by atoms with van der Waals surface area (Å²) in [5.74, 6) is -0.0739. The highest BCUT2D eigenvalue weighted by atomic mass is 35.5. The first-order valence-electron chi connectivity index (χ1n) is 9.54. The van der Waals surface area contributed by atoms with Crippen molar-refractivity contribution in [1.29, 1.82) is 0 Å². The average Bonchev–Trinajstić information content (AvgIpc) is 2.73. The molecule has 2 aliphatic rings. The third-order valence-electron chi connectivity index (χ3n) is 5.15. The van der Waals surface area contributed by atoms with Crippen molar-refractivity contribution in [1.82, 2.24) is 9.88 Å². The summed E-state index contributed by atoms with van der Waals surface area (Å²) in [5.41, 5.74) is -0.157. The summed E-state index contributed by atoms with van der Waals surface area (Å²) in [5, 5.41) is 2.24. The maximum atomic E-state index is 12.8.